The predicted octanol–water partition coefficient (Wildman–Crippen LogP) is -2.58. The van der Waals surface area contributed by atoms with E-state index < -0.39 is 34.9 Å². The quantitative estimate of drug-likeness (QED) is 0.453. The van der Waals surface area contributed by atoms with E-state index in [-0.39, 0.29) is 12.5 Å². The summed E-state index contributed by atoms with van der Waals surface area (Å²) in [4.78, 5) is 24.5. The van der Waals surface area contributed by atoms with Crippen molar-refractivity contribution in [1.29, 1.82) is 0 Å². The van der Waals surface area contributed by atoms with Crippen molar-refractivity contribution in [2.24, 2.45) is 11.8 Å². The summed E-state index contributed by atoms with van der Waals surface area (Å²) in [5.41, 5.74) is -2.46. The molecule has 0 radical (unpaired) electrons. The van der Waals surface area contributed by atoms with Crippen LogP contribution in [0, 0.1) is 11.8 Å². The van der Waals surface area contributed by atoms with Gasteiger partial charge in [-0.05, 0) is 0 Å². The molecule has 7 nitrogen and oxygen atoms in total. The first-order valence-electron chi connectivity index (χ1n) is 5.34. The molecule has 0 amide bonds. The number of aliphatic hydroxyl groups excluding tert-OH is 2. The molecule has 2 aliphatic carbocycles. The van der Waals surface area contributed by atoms with Gasteiger partial charge in [0.05, 0.1) is 12.1 Å². The molecule has 1 heterocycles. The Morgan fingerprint density at radius 3 is 2.71 bits per heavy atom. The fraction of sp³-hybridized carbons (Fsp3) is 0.600. The van der Waals surface area contributed by atoms with Gasteiger partial charge in [-0.2, -0.15) is 0 Å². The van der Waals surface area contributed by atoms with Gasteiger partial charge in [0.15, 0.2) is 0 Å². The smallest absolute Gasteiger partial charge is 0.328 e. The highest BCUT2D eigenvalue weighted by atomic mass is 16.4. The van der Waals surface area contributed by atoms with Crippen LogP contribution in [0.1, 0.15) is 6.04 Å². The molecule has 0 aromatic carbocycles. The molecule has 1 aromatic rings. The van der Waals surface area contributed by atoms with E-state index in [1.54, 1.807) is 0 Å². The molecule has 1 aromatic heterocycles. The number of rotatable bonds is 2. The Morgan fingerprint density at radius 1 is 1.47 bits per heavy atom. The van der Waals surface area contributed by atoms with Crippen molar-refractivity contribution >= 4 is 0 Å². The molecule has 3 rings (SSSR count). The minimum atomic E-state index is -1.34. The Labute approximate surface area is 95.0 Å². The zero-order valence-corrected chi connectivity index (χ0v) is 8.78. The van der Waals surface area contributed by atoms with Crippen LogP contribution in [0.4, 0.5) is 0 Å². The van der Waals surface area contributed by atoms with Crippen LogP contribution in [0.2, 0.25) is 0 Å². The van der Waals surface area contributed by atoms with Crippen LogP contribution < -0.4 is 11.2 Å². The number of fused-ring (bicyclic) bond motifs is 1. The van der Waals surface area contributed by atoms with Crippen molar-refractivity contribution in [3.63, 3.8) is 0 Å². The molecule has 5 atom stereocenters. The second-order valence-electron chi connectivity index (χ2n) is 4.67. The largest absolute Gasteiger partial charge is 0.396 e. The molecule has 0 spiro atoms. The zero-order valence-electron chi connectivity index (χ0n) is 8.78. The van der Waals surface area contributed by atoms with Crippen LogP contribution in [0.3, 0.4) is 0 Å². The summed E-state index contributed by atoms with van der Waals surface area (Å²) in [5, 5.41) is 28.7. The van der Waals surface area contributed by atoms with E-state index in [1.165, 1.54) is 16.8 Å². The fourth-order valence-electron chi connectivity index (χ4n) is 3.03. The topological polar surface area (TPSA) is 116 Å². The summed E-state index contributed by atoms with van der Waals surface area (Å²) in [7, 11) is 0. The molecule has 0 saturated heterocycles. The molecule has 7 heteroatoms. The van der Waals surface area contributed by atoms with Gasteiger partial charge in [0.25, 0.3) is 5.56 Å². The van der Waals surface area contributed by atoms with Crippen molar-refractivity contribution in [3.05, 3.63) is 33.1 Å². The SMILES string of the molecule is O=c1ccn(C2C3C(CO)C(O)C32O)c(=O)[nH]1. The molecule has 17 heavy (non-hydrogen) atoms. The Bertz CT molecular complexity index is 579. The Balaban J connectivity index is 1.99. The maximum absolute atomic E-state index is 11.5. The average Bonchev–Trinajstić information content (AvgIpc) is 2.82. The molecular weight excluding hydrogens is 228 g/mol. The van der Waals surface area contributed by atoms with E-state index in [0.717, 1.165) is 0 Å². The number of aromatic nitrogens is 2. The third-order valence-electron chi connectivity index (χ3n) is 3.94. The average molecular weight is 240 g/mol. The number of hydrogen-bond acceptors (Lipinski definition) is 5. The van der Waals surface area contributed by atoms with Crippen LogP contribution in [-0.4, -0.2) is 43.2 Å². The normalized spacial score (nSPS) is 42.8. The number of nitrogens with one attached hydrogen (secondary N) is 1. The highest BCUT2D eigenvalue weighted by Crippen LogP contribution is 2.69. The summed E-state index contributed by atoms with van der Waals surface area (Å²) < 4.78 is 1.20. The van der Waals surface area contributed by atoms with Crippen LogP contribution >= 0.6 is 0 Å². The monoisotopic (exact) mass is 240 g/mol. The van der Waals surface area contributed by atoms with Gasteiger partial charge < -0.3 is 15.3 Å². The van der Waals surface area contributed by atoms with Crippen molar-refractivity contribution in [2.75, 3.05) is 6.61 Å². The van der Waals surface area contributed by atoms with Gasteiger partial charge in [-0.15, -0.1) is 0 Å². The Hall–Kier alpha value is -1.44. The first-order chi connectivity index (χ1) is 8.01. The highest BCUT2D eigenvalue weighted by molar-refractivity contribution is 5.31. The first kappa shape index (κ1) is 10.7. The van der Waals surface area contributed by atoms with Gasteiger partial charge in [0.2, 0.25) is 0 Å². The number of aliphatic hydroxyl groups is 3. The molecule has 2 aliphatic rings. The minimum Gasteiger partial charge on any atom is -0.396 e. The van der Waals surface area contributed by atoms with Crippen LogP contribution in [0.5, 0.6) is 0 Å². The van der Waals surface area contributed by atoms with Crippen LogP contribution in [-0.2, 0) is 0 Å². The standard InChI is InChI=1S/C10H12N2O5/c13-3-4-6-7(10(6,17)8(4)15)12-2-1-5(14)11-9(12)16/h1-2,4,6-8,13,15,17H,3H2,(H,11,14,16). The Morgan fingerprint density at radius 2 is 2.18 bits per heavy atom. The fourth-order valence-corrected chi connectivity index (χ4v) is 3.03. The molecule has 2 saturated carbocycles. The lowest BCUT2D eigenvalue weighted by Gasteiger charge is -2.34. The van der Waals surface area contributed by atoms with Gasteiger partial charge in [-0.1, -0.05) is 0 Å². The highest BCUT2D eigenvalue weighted by Gasteiger charge is 2.82. The van der Waals surface area contributed by atoms with Crippen molar-refractivity contribution in [1.82, 2.24) is 9.55 Å². The van der Waals surface area contributed by atoms with Crippen molar-refractivity contribution in [2.45, 2.75) is 17.7 Å². The predicted molar refractivity (Wildman–Crippen MR) is 55.4 cm³/mol. The van der Waals surface area contributed by atoms with E-state index in [1.807, 2.05) is 0 Å². The van der Waals surface area contributed by atoms with E-state index in [9.17, 15) is 19.8 Å². The van der Waals surface area contributed by atoms with E-state index in [0.29, 0.717) is 0 Å². The summed E-state index contributed by atoms with van der Waals surface area (Å²) in [6, 6.07) is 0.613. The van der Waals surface area contributed by atoms with Gasteiger partial charge in [0, 0.05) is 30.7 Å². The van der Waals surface area contributed by atoms with E-state index in [4.69, 9.17) is 5.11 Å². The molecule has 5 unspecified atom stereocenters. The summed E-state index contributed by atoms with van der Waals surface area (Å²) in [5.74, 6) is -0.741. The number of hydrogen-bond donors (Lipinski definition) is 4. The van der Waals surface area contributed by atoms with E-state index in [2.05, 4.69) is 4.98 Å². The maximum atomic E-state index is 11.5. The van der Waals surface area contributed by atoms with Crippen LogP contribution in [0.25, 0.3) is 0 Å². The maximum Gasteiger partial charge on any atom is 0.328 e. The van der Waals surface area contributed by atoms with E-state index >= 15 is 0 Å². The minimum absolute atomic E-state index is 0.233. The molecule has 2 fully saturated rings. The lowest BCUT2D eigenvalue weighted by atomic mass is 9.80. The number of H-pyrrole nitrogens is 1. The lowest BCUT2D eigenvalue weighted by molar-refractivity contribution is -0.129. The molecule has 4 N–H and O–H groups in total. The van der Waals surface area contributed by atoms with Gasteiger partial charge in [-0.3, -0.25) is 14.3 Å². The second kappa shape index (κ2) is 3.06. The van der Waals surface area contributed by atoms with Gasteiger partial charge in [-0.25, -0.2) is 4.79 Å². The zero-order chi connectivity index (χ0) is 12.4. The summed E-state index contributed by atoms with van der Waals surface area (Å²) >= 11 is 0. The molecule has 92 valence electrons. The van der Waals surface area contributed by atoms with Crippen LogP contribution in [0.15, 0.2) is 21.9 Å². The van der Waals surface area contributed by atoms with Crippen molar-refractivity contribution < 1.29 is 15.3 Å². The summed E-state index contributed by atoms with van der Waals surface area (Å²) in [6.45, 7) is -0.233. The molecule has 0 aliphatic heterocycles. The first-order valence-corrected chi connectivity index (χ1v) is 5.34. The van der Waals surface area contributed by atoms with Gasteiger partial charge >= 0.3 is 5.69 Å². The summed E-state index contributed by atoms with van der Waals surface area (Å²) in [6.07, 6.45) is 0.268. The van der Waals surface area contributed by atoms with Gasteiger partial charge in [0.1, 0.15) is 5.60 Å². The third kappa shape index (κ3) is 1.11. The lowest BCUT2D eigenvalue weighted by Crippen LogP contribution is -2.50. The van der Waals surface area contributed by atoms with Crippen molar-refractivity contribution in [3.8, 4) is 0 Å². The second-order valence-corrected chi connectivity index (χ2v) is 4.67. The number of nitrogens with zero attached hydrogens (tertiary/aromatic N) is 1. The third-order valence-corrected chi connectivity index (χ3v) is 3.94. The molecular formula is C10H12N2O5. The number of aromatic amines is 1. The Kier molecular flexibility index (Phi) is 1.93. The molecule has 0 bridgehead atoms.